The van der Waals surface area contributed by atoms with Crippen LogP contribution in [0.2, 0.25) is 0 Å². The van der Waals surface area contributed by atoms with Crippen LogP contribution < -0.4 is 38.9 Å². The molecule has 0 bridgehead atoms. The van der Waals surface area contributed by atoms with Gasteiger partial charge in [-0.15, -0.1) is 0 Å². The van der Waals surface area contributed by atoms with E-state index >= 15 is 0 Å². The van der Waals surface area contributed by atoms with Gasteiger partial charge in [-0.25, -0.2) is 4.79 Å². The molecule has 0 aliphatic heterocycles. The van der Waals surface area contributed by atoms with E-state index in [0.717, 1.165) is 0 Å². The molecule has 0 aliphatic rings. The zero-order valence-corrected chi connectivity index (χ0v) is 20.2. The van der Waals surface area contributed by atoms with Crippen molar-refractivity contribution < 1.29 is 39.0 Å². The quantitative estimate of drug-likeness (QED) is 0.0514. The van der Waals surface area contributed by atoms with E-state index in [1.54, 1.807) is 0 Å². The fraction of sp³-hybridized carbons (Fsp3) is 0.650. The van der Waals surface area contributed by atoms with Gasteiger partial charge in [-0.05, 0) is 25.2 Å². The minimum Gasteiger partial charge on any atom is -0.481 e. The van der Waals surface area contributed by atoms with Gasteiger partial charge in [-0.1, -0.05) is 13.8 Å². The van der Waals surface area contributed by atoms with Crippen LogP contribution in [-0.2, 0) is 28.8 Å². The van der Waals surface area contributed by atoms with E-state index in [-0.39, 0.29) is 38.2 Å². The average Bonchev–Trinajstić information content (AvgIpc) is 2.75. The summed E-state index contributed by atoms with van der Waals surface area (Å²) in [4.78, 5) is 75.4. The van der Waals surface area contributed by atoms with Gasteiger partial charge in [-0.2, -0.15) is 0 Å². The Morgan fingerprint density at radius 3 is 1.86 bits per heavy atom. The number of amides is 4. The highest BCUT2D eigenvalue weighted by Gasteiger charge is 2.32. The summed E-state index contributed by atoms with van der Waals surface area (Å²) in [5, 5.41) is 25.3. The Hall–Kier alpha value is -3.95. The summed E-state index contributed by atoms with van der Waals surface area (Å²) in [7, 11) is 0. The maximum Gasteiger partial charge on any atom is 0.326 e. The Morgan fingerprint density at radius 1 is 0.833 bits per heavy atom. The van der Waals surface area contributed by atoms with Crippen LogP contribution in [0.3, 0.4) is 0 Å². The number of primary amides is 1. The number of carbonyl (C=O) groups excluding carboxylic acids is 4. The first-order valence-corrected chi connectivity index (χ1v) is 11.1. The fourth-order valence-electron chi connectivity index (χ4n) is 2.90. The van der Waals surface area contributed by atoms with E-state index in [4.69, 9.17) is 22.9 Å². The first-order valence-electron chi connectivity index (χ1n) is 11.1. The fourth-order valence-corrected chi connectivity index (χ4v) is 2.90. The molecule has 13 N–H and O–H groups in total. The van der Waals surface area contributed by atoms with Crippen LogP contribution >= 0.6 is 0 Å². The molecule has 16 heteroatoms. The Kier molecular flexibility index (Phi) is 14.1. The highest BCUT2D eigenvalue weighted by atomic mass is 16.4. The Morgan fingerprint density at radius 2 is 1.39 bits per heavy atom. The largest absolute Gasteiger partial charge is 0.481 e. The van der Waals surface area contributed by atoms with E-state index in [2.05, 4.69) is 20.9 Å². The lowest BCUT2D eigenvalue weighted by molar-refractivity contribution is -0.144. The number of carboxylic acids is 2. The van der Waals surface area contributed by atoms with E-state index in [0.29, 0.717) is 0 Å². The van der Waals surface area contributed by atoms with Crippen molar-refractivity contribution in [1.82, 2.24) is 16.0 Å². The molecule has 0 aliphatic carbocycles. The summed E-state index contributed by atoms with van der Waals surface area (Å²) in [5.74, 6) is -6.91. The van der Waals surface area contributed by atoms with E-state index in [1.165, 1.54) is 13.8 Å². The Bertz CT molecular complexity index is 844. The van der Waals surface area contributed by atoms with Gasteiger partial charge in [0, 0.05) is 13.0 Å². The molecule has 0 radical (unpaired) electrons. The van der Waals surface area contributed by atoms with Crippen molar-refractivity contribution in [1.29, 1.82) is 0 Å². The van der Waals surface area contributed by atoms with Crippen LogP contribution in [0, 0.1) is 5.92 Å². The summed E-state index contributed by atoms with van der Waals surface area (Å²) in [6, 6.07) is -5.43. The zero-order chi connectivity index (χ0) is 28.0. The van der Waals surface area contributed by atoms with Crippen molar-refractivity contribution in [2.75, 3.05) is 6.54 Å². The van der Waals surface area contributed by atoms with Crippen LogP contribution in [0.1, 0.15) is 46.0 Å². The van der Waals surface area contributed by atoms with Gasteiger partial charge in [-0.3, -0.25) is 29.0 Å². The standard InChI is InChI=1S/C20H36N8O8/c1-9(2)15(19(35)36)28-18(34)12(8-14(30)31)27-17(33)11(4-3-7-25-20(23)24)26-16(32)10(21)5-6-13(22)29/h9-12,15H,3-8,21H2,1-2H3,(H2,22,29)(H,26,32)(H,27,33)(H,28,34)(H,30,31)(H,35,36)(H4,23,24,25). The molecule has 0 rings (SSSR count). The van der Waals surface area contributed by atoms with Crippen LogP contribution in [0.4, 0.5) is 0 Å². The van der Waals surface area contributed by atoms with Crippen molar-refractivity contribution in [3.8, 4) is 0 Å². The van der Waals surface area contributed by atoms with Crippen LogP contribution in [-0.4, -0.2) is 82.5 Å². The summed E-state index contributed by atoms with van der Waals surface area (Å²) < 4.78 is 0. The molecular weight excluding hydrogens is 480 g/mol. The van der Waals surface area contributed by atoms with E-state index in [1.807, 2.05) is 0 Å². The number of rotatable bonds is 17. The number of aliphatic imine (C=N–C) groups is 1. The number of nitrogens with two attached hydrogens (primary N) is 4. The molecule has 16 nitrogen and oxygen atoms in total. The van der Waals surface area contributed by atoms with Gasteiger partial charge in [0.1, 0.15) is 18.1 Å². The first-order chi connectivity index (χ1) is 16.6. The van der Waals surface area contributed by atoms with Crippen LogP contribution in [0.5, 0.6) is 0 Å². The maximum absolute atomic E-state index is 12.9. The Balaban J connectivity index is 5.62. The second-order valence-corrected chi connectivity index (χ2v) is 8.35. The maximum atomic E-state index is 12.9. The number of hydrogen-bond acceptors (Lipinski definition) is 8. The minimum absolute atomic E-state index is 0.0257. The molecule has 36 heavy (non-hydrogen) atoms. The average molecular weight is 517 g/mol. The smallest absolute Gasteiger partial charge is 0.326 e. The predicted molar refractivity (Wildman–Crippen MR) is 127 cm³/mol. The molecule has 0 aromatic heterocycles. The molecular formula is C20H36N8O8. The molecule has 0 aromatic carbocycles. The molecule has 0 saturated heterocycles. The number of carboxylic acid groups (broad SMARTS) is 2. The molecule has 0 aromatic rings. The molecule has 4 amide bonds. The Labute approximate surface area is 207 Å². The summed E-state index contributed by atoms with van der Waals surface area (Å²) >= 11 is 0. The van der Waals surface area contributed by atoms with E-state index < -0.39 is 72.1 Å². The first kappa shape index (κ1) is 32.0. The minimum atomic E-state index is -1.64. The molecule has 4 atom stereocenters. The predicted octanol–water partition coefficient (Wildman–Crippen LogP) is -3.70. The number of nitrogens with one attached hydrogen (secondary N) is 3. The summed E-state index contributed by atoms with van der Waals surface area (Å²) in [6.45, 7) is 3.17. The lowest BCUT2D eigenvalue weighted by Gasteiger charge is -2.25. The normalized spacial score (nSPS) is 14.0. The number of carbonyl (C=O) groups is 6. The number of nitrogens with zero attached hydrogens (tertiary/aromatic N) is 1. The van der Waals surface area contributed by atoms with Gasteiger partial charge in [0.2, 0.25) is 23.6 Å². The molecule has 0 fully saturated rings. The van der Waals surface area contributed by atoms with Crippen molar-refractivity contribution in [3.05, 3.63) is 0 Å². The summed E-state index contributed by atoms with van der Waals surface area (Å²) in [5.41, 5.74) is 21.3. The van der Waals surface area contributed by atoms with Crippen molar-refractivity contribution in [3.63, 3.8) is 0 Å². The second-order valence-electron chi connectivity index (χ2n) is 8.35. The molecule has 204 valence electrons. The van der Waals surface area contributed by atoms with Crippen molar-refractivity contribution in [2.45, 2.75) is 70.1 Å². The molecule has 0 saturated carbocycles. The van der Waals surface area contributed by atoms with Gasteiger partial charge in [0.05, 0.1) is 12.5 Å². The number of aliphatic carboxylic acids is 2. The highest BCUT2D eigenvalue weighted by Crippen LogP contribution is 2.06. The SMILES string of the molecule is CC(C)C(NC(=O)C(CC(=O)O)NC(=O)C(CCCN=C(N)N)NC(=O)C(N)CCC(N)=O)C(=O)O. The van der Waals surface area contributed by atoms with Crippen molar-refractivity contribution in [2.24, 2.45) is 33.8 Å². The lowest BCUT2D eigenvalue weighted by Crippen LogP contribution is -2.58. The molecule has 0 heterocycles. The topological polar surface area (TPSA) is 295 Å². The van der Waals surface area contributed by atoms with Gasteiger partial charge in [0.15, 0.2) is 5.96 Å². The third kappa shape index (κ3) is 13.1. The zero-order valence-electron chi connectivity index (χ0n) is 20.2. The third-order valence-electron chi connectivity index (χ3n) is 4.86. The summed E-state index contributed by atoms with van der Waals surface area (Å²) in [6.07, 6.45) is -0.926. The highest BCUT2D eigenvalue weighted by molar-refractivity contribution is 5.95. The third-order valence-corrected chi connectivity index (χ3v) is 4.86. The lowest BCUT2D eigenvalue weighted by atomic mass is 10.0. The van der Waals surface area contributed by atoms with Gasteiger partial charge >= 0.3 is 11.9 Å². The monoisotopic (exact) mass is 516 g/mol. The molecule has 0 spiro atoms. The van der Waals surface area contributed by atoms with E-state index in [9.17, 15) is 39.0 Å². The number of guanidine groups is 1. The van der Waals surface area contributed by atoms with Gasteiger partial charge in [0.25, 0.3) is 0 Å². The molecule has 4 unspecified atom stereocenters. The van der Waals surface area contributed by atoms with Gasteiger partial charge < -0.3 is 49.1 Å². The van der Waals surface area contributed by atoms with Crippen LogP contribution in [0.25, 0.3) is 0 Å². The number of hydrogen-bond donors (Lipinski definition) is 9. The second kappa shape index (κ2) is 15.9. The van der Waals surface area contributed by atoms with Crippen molar-refractivity contribution >= 4 is 41.5 Å². The van der Waals surface area contributed by atoms with Crippen LogP contribution in [0.15, 0.2) is 4.99 Å².